The van der Waals surface area contributed by atoms with E-state index in [0.717, 1.165) is 32.0 Å². The molecule has 16 heavy (non-hydrogen) atoms. The molecule has 0 bridgehead atoms. The molecule has 3 nitrogen and oxygen atoms in total. The van der Waals surface area contributed by atoms with Crippen molar-refractivity contribution in [1.82, 2.24) is 5.32 Å². The van der Waals surface area contributed by atoms with E-state index in [1.54, 1.807) is 0 Å². The molecule has 0 spiro atoms. The van der Waals surface area contributed by atoms with Gasteiger partial charge in [-0.3, -0.25) is 0 Å². The Balaban J connectivity index is 1.92. The van der Waals surface area contributed by atoms with Crippen molar-refractivity contribution < 1.29 is 4.74 Å². The first-order chi connectivity index (χ1) is 7.70. The number of hydrogen-bond donors (Lipinski definition) is 1. The van der Waals surface area contributed by atoms with Crippen LogP contribution < -0.4 is 5.32 Å². The summed E-state index contributed by atoms with van der Waals surface area (Å²) >= 11 is 0. The zero-order valence-corrected chi connectivity index (χ0v) is 10.6. The lowest BCUT2D eigenvalue weighted by molar-refractivity contribution is 0.101. The molecule has 0 aromatic heterocycles. The van der Waals surface area contributed by atoms with Gasteiger partial charge >= 0.3 is 0 Å². The molecule has 1 aliphatic rings. The Morgan fingerprint density at radius 3 is 2.69 bits per heavy atom. The predicted octanol–water partition coefficient (Wildman–Crippen LogP) is 2.48. The molecular weight excluding hydrogens is 200 g/mol. The van der Waals surface area contributed by atoms with E-state index in [2.05, 4.69) is 11.4 Å². The minimum absolute atomic E-state index is 0.392. The maximum atomic E-state index is 8.95. The number of ether oxygens (including phenoxy) is 1. The molecule has 0 aromatic carbocycles. The lowest BCUT2D eigenvalue weighted by Gasteiger charge is -2.25. The summed E-state index contributed by atoms with van der Waals surface area (Å²) in [5, 5.41) is 12.0. The molecule has 0 amide bonds. The molecule has 1 atom stereocenters. The van der Waals surface area contributed by atoms with Crippen molar-refractivity contribution in [2.75, 3.05) is 20.3 Å². The third-order valence-corrected chi connectivity index (χ3v) is 3.66. The van der Waals surface area contributed by atoms with E-state index in [-0.39, 0.29) is 0 Å². The number of nitrogens with zero attached hydrogens (tertiary/aromatic N) is 1. The fourth-order valence-electron chi connectivity index (χ4n) is 1.90. The molecule has 1 saturated carbocycles. The first-order valence-electron chi connectivity index (χ1n) is 6.38. The largest absolute Gasteiger partial charge is 0.381 e. The Morgan fingerprint density at radius 1 is 1.44 bits per heavy atom. The molecule has 1 N–H and O–H groups in total. The molecule has 1 rings (SSSR count). The van der Waals surface area contributed by atoms with E-state index >= 15 is 0 Å². The normalized spacial score (nSPS) is 19.8. The summed E-state index contributed by atoms with van der Waals surface area (Å²) in [6, 6.07) is 2.29. The second-order valence-electron chi connectivity index (χ2n) is 5.00. The van der Waals surface area contributed by atoms with Crippen LogP contribution in [0.4, 0.5) is 0 Å². The van der Waals surface area contributed by atoms with E-state index in [0.29, 0.717) is 0 Å². The maximum Gasteiger partial charge on any atom is 0.103 e. The summed E-state index contributed by atoms with van der Waals surface area (Å²) in [5.74, 6) is 0.932. The zero-order chi connectivity index (χ0) is 11.9. The van der Waals surface area contributed by atoms with Gasteiger partial charge in [0, 0.05) is 13.2 Å². The van der Waals surface area contributed by atoms with Crippen molar-refractivity contribution in [3.63, 3.8) is 0 Å². The lowest BCUT2D eigenvalue weighted by Crippen LogP contribution is -2.38. The van der Waals surface area contributed by atoms with Crippen molar-refractivity contribution in [1.29, 1.82) is 5.26 Å². The average molecular weight is 224 g/mol. The second kappa shape index (κ2) is 6.88. The summed E-state index contributed by atoms with van der Waals surface area (Å²) in [5.41, 5.74) is -0.392. The highest BCUT2D eigenvalue weighted by Crippen LogP contribution is 2.29. The zero-order valence-electron chi connectivity index (χ0n) is 10.6. The molecule has 0 heterocycles. The van der Waals surface area contributed by atoms with E-state index in [1.165, 1.54) is 25.7 Å². The Morgan fingerprint density at radius 2 is 2.19 bits per heavy atom. The van der Waals surface area contributed by atoms with Gasteiger partial charge in [-0.05, 0) is 39.2 Å². The smallest absolute Gasteiger partial charge is 0.103 e. The Kier molecular flexibility index (Phi) is 5.79. The van der Waals surface area contributed by atoms with Gasteiger partial charge in [0.25, 0.3) is 0 Å². The fraction of sp³-hybridized carbons (Fsp3) is 0.923. The average Bonchev–Trinajstić information content (AvgIpc) is 2.25. The van der Waals surface area contributed by atoms with E-state index < -0.39 is 5.54 Å². The summed E-state index contributed by atoms with van der Waals surface area (Å²) in [7, 11) is 1.83. The fourth-order valence-corrected chi connectivity index (χ4v) is 1.90. The molecule has 0 radical (unpaired) electrons. The Labute approximate surface area is 99.2 Å². The number of nitriles is 1. The number of hydrogen-bond acceptors (Lipinski definition) is 3. The van der Waals surface area contributed by atoms with Crippen molar-refractivity contribution in [2.24, 2.45) is 5.92 Å². The minimum Gasteiger partial charge on any atom is -0.381 e. The molecule has 0 saturated heterocycles. The predicted molar refractivity (Wildman–Crippen MR) is 65.1 cm³/mol. The van der Waals surface area contributed by atoms with E-state index in [1.807, 2.05) is 14.0 Å². The van der Waals surface area contributed by atoms with Gasteiger partial charge in [-0.15, -0.1) is 0 Å². The minimum atomic E-state index is -0.392. The molecule has 3 heteroatoms. The van der Waals surface area contributed by atoms with E-state index in [4.69, 9.17) is 10.00 Å². The molecule has 1 unspecified atom stereocenters. The van der Waals surface area contributed by atoms with Crippen molar-refractivity contribution in [3.05, 3.63) is 0 Å². The molecular formula is C13H24N2O. The summed E-state index contributed by atoms with van der Waals surface area (Å²) in [6.07, 6.45) is 7.24. The highest BCUT2D eigenvalue weighted by Gasteiger charge is 2.20. The van der Waals surface area contributed by atoms with Crippen LogP contribution in [0, 0.1) is 17.2 Å². The van der Waals surface area contributed by atoms with Gasteiger partial charge < -0.3 is 10.1 Å². The molecule has 0 aromatic rings. The number of rotatable bonds is 8. The van der Waals surface area contributed by atoms with E-state index in [9.17, 15) is 0 Å². The Hall–Kier alpha value is -0.590. The topological polar surface area (TPSA) is 45.0 Å². The van der Waals surface area contributed by atoms with Crippen LogP contribution in [-0.4, -0.2) is 25.8 Å². The van der Waals surface area contributed by atoms with Crippen LogP contribution in [0.25, 0.3) is 0 Å². The summed E-state index contributed by atoms with van der Waals surface area (Å²) < 4.78 is 5.59. The molecule has 1 fully saturated rings. The van der Waals surface area contributed by atoms with Gasteiger partial charge in [-0.25, -0.2) is 0 Å². The van der Waals surface area contributed by atoms with Crippen LogP contribution in [0.5, 0.6) is 0 Å². The van der Waals surface area contributed by atoms with Crippen molar-refractivity contribution in [2.45, 2.75) is 51.0 Å². The highest BCUT2D eigenvalue weighted by molar-refractivity contribution is 5.02. The van der Waals surface area contributed by atoms with Crippen LogP contribution in [0.3, 0.4) is 0 Å². The van der Waals surface area contributed by atoms with Crippen LogP contribution >= 0.6 is 0 Å². The third-order valence-electron chi connectivity index (χ3n) is 3.66. The first-order valence-corrected chi connectivity index (χ1v) is 6.38. The number of nitrogens with one attached hydrogen (secondary N) is 1. The van der Waals surface area contributed by atoms with Gasteiger partial charge in [0.05, 0.1) is 6.07 Å². The molecule has 1 aliphatic carbocycles. The molecule has 0 aliphatic heterocycles. The standard InChI is InChI=1S/C13H24N2O/c1-13(11-14,15-2)8-4-9-16-10-7-12-5-3-6-12/h12,15H,3-10H2,1-2H3. The summed E-state index contributed by atoms with van der Waals surface area (Å²) in [6.45, 7) is 3.61. The van der Waals surface area contributed by atoms with Gasteiger partial charge in [0.2, 0.25) is 0 Å². The van der Waals surface area contributed by atoms with Gasteiger partial charge in [0.1, 0.15) is 5.54 Å². The van der Waals surface area contributed by atoms with Gasteiger partial charge in [-0.2, -0.15) is 5.26 Å². The maximum absolute atomic E-state index is 8.95. The molecule has 92 valence electrons. The van der Waals surface area contributed by atoms with Crippen LogP contribution in [0.15, 0.2) is 0 Å². The van der Waals surface area contributed by atoms with Gasteiger partial charge in [0.15, 0.2) is 0 Å². The monoisotopic (exact) mass is 224 g/mol. The summed E-state index contributed by atoms with van der Waals surface area (Å²) in [4.78, 5) is 0. The third kappa shape index (κ3) is 4.51. The first kappa shape index (κ1) is 13.5. The van der Waals surface area contributed by atoms with Crippen molar-refractivity contribution >= 4 is 0 Å². The Bertz CT molecular complexity index is 233. The lowest BCUT2D eigenvalue weighted by atomic mass is 9.83. The second-order valence-corrected chi connectivity index (χ2v) is 5.00. The van der Waals surface area contributed by atoms with Crippen molar-refractivity contribution in [3.8, 4) is 6.07 Å². The van der Waals surface area contributed by atoms with Gasteiger partial charge in [-0.1, -0.05) is 19.3 Å². The van der Waals surface area contributed by atoms with Crippen LogP contribution in [-0.2, 0) is 4.74 Å². The SMILES string of the molecule is CNC(C)(C#N)CCCOCCC1CCC1. The van der Waals surface area contributed by atoms with Crippen LogP contribution in [0.2, 0.25) is 0 Å². The quantitative estimate of drug-likeness (QED) is 0.644. The highest BCUT2D eigenvalue weighted by atomic mass is 16.5. The van der Waals surface area contributed by atoms with Crippen LogP contribution in [0.1, 0.15) is 45.4 Å².